The molecule has 1 amide bonds. The van der Waals surface area contributed by atoms with Gasteiger partial charge < -0.3 is 14.6 Å². The number of hydrogen-bond donors (Lipinski definition) is 1. The standard InChI is InChI=1S/C16H22ClNO4/c1-16(2,3)22-15(20)18-8-10-5-6-13(21-4)14(17)12(10)7-11(18)9-19/h5-6,11,19H,7-9H2,1-4H3. The van der Waals surface area contributed by atoms with E-state index in [0.717, 1.165) is 11.1 Å². The van der Waals surface area contributed by atoms with Gasteiger partial charge in [0.15, 0.2) is 0 Å². The van der Waals surface area contributed by atoms with Crippen molar-refractivity contribution in [1.82, 2.24) is 4.90 Å². The van der Waals surface area contributed by atoms with E-state index in [9.17, 15) is 9.90 Å². The number of benzene rings is 1. The largest absolute Gasteiger partial charge is 0.495 e. The van der Waals surface area contributed by atoms with Crippen LogP contribution in [0.1, 0.15) is 31.9 Å². The molecule has 0 aromatic heterocycles. The van der Waals surface area contributed by atoms with Gasteiger partial charge in [0.2, 0.25) is 0 Å². The van der Waals surface area contributed by atoms with Gasteiger partial charge in [-0.05, 0) is 44.4 Å². The normalized spacial score (nSPS) is 17.9. The van der Waals surface area contributed by atoms with Crippen LogP contribution in [0, 0.1) is 0 Å². The predicted octanol–water partition coefficient (Wildman–Crippen LogP) is 3.00. The average Bonchev–Trinajstić information content (AvgIpc) is 2.44. The molecule has 1 heterocycles. The highest BCUT2D eigenvalue weighted by molar-refractivity contribution is 6.33. The summed E-state index contributed by atoms with van der Waals surface area (Å²) in [5, 5.41) is 10.2. The van der Waals surface area contributed by atoms with Crippen LogP contribution in [0.4, 0.5) is 4.79 Å². The number of ether oxygens (including phenoxy) is 2. The van der Waals surface area contributed by atoms with Crippen LogP contribution < -0.4 is 4.74 Å². The van der Waals surface area contributed by atoms with Crippen molar-refractivity contribution in [3.05, 3.63) is 28.3 Å². The van der Waals surface area contributed by atoms with Crippen LogP contribution in [0.5, 0.6) is 5.75 Å². The fourth-order valence-corrected chi connectivity index (χ4v) is 2.86. The predicted molar refractivity (Wildman–Crippen MR) is 84.4 cm³/mol. The third-order valence-corrected chi connectivity index (χ3v) is 4.00. The highest BCUT2D eigenvalue weighted by atomic mass is 35.5. The molecule has 22 heavy (non-hydrogen) atoms. The second kappa shape index (κ2) is 6.34. The van der Waals surface area contributed by atoms with Gasteiger partial charge in [-0.1, -0.05) is 17.7 Å². The van der Waals surface area contributed by atoms with Gasteiger partial charge in [-0.15, -0.1) is 0 Å². The number of nitrogens with zero attached hydrogens (tertiary/aromatic N) is 1. The van der Waals surface area contributed by atoms with E-state index in [1.165, 1.54) is 0 Å². The molecule has 2 rings (SSSR count). The van der Waals surface area contributed by atoms with Crippen LogP contribution in [-0.4, -0.2) is 41.5 Å². The van der Waals surface area contributed by atoms with Crippen LogP contribution in [0.15, 0.2) is 12.1 Å². The molecule has 1 unspecified atom stereocenters. The average molecular weight is 328 g/mol. The van der Waals surface area contributed by atoms with Crippen LogP contribution in [-0.2, 0) is 17.7 Å². The summed E-state index contributed by atoms with van der Waals surface area (Å²) in [6, 6.07) is 3.32. The third kappa shape index (κ3) is 3.47. The number of aliphatic hydroxyl groups excluding tert-OH is 1. The lowest BCUT2D eigenvalue weighted by atomic mass is 9.94. The summed E-state index contributed by atoms with van der Waals surface area (Å²) in [6.07, 6.45) is 0.0466. The maximum Gasteiger partial charge on any atom is 0.410 e. The summed E-state index contributed by atoms with van der Waals surface area (Å²) in [5.41, 5.74) is 1.29. The Hall–Kier alpha value is -1.46. The molecule has 0 bridgehead atoms. The highest BCUT2D eigenvalue weighted by Gasteiger charge is 2.33. The topological polar surface area (TPSA) is 59.0 Å². The van der Waals surface area contributed by atoms with Crippen LogP contribution in [0.2, 0.25) is 5.02 Å². The van der Waals surface area contributed by atoms with Gasteiger partial charge >= 0.3 is 6.09 Å². The molecule has 1 N–H and O–H groups in total. The lowest BCUT2D eigenvalue weighted by molar-refractivity contribution is 0.00461. The van der Waals surface area contributed by atoms with E-state index >= 15 is 0 Å². The number of amides is 1. The Labute approximate surface area is 135 Å². The smallest absolute Gasteiger partial charge is 0.410 e. The van der Waals surface area contributed by atoms with Crippen molar-refractivity contribution in [1.29, 1.82) is 0 Å². The van der Waals surface area contributed by atoms with E-state index in [1.54, 1.807) is 18.1 Å². The molecule has 0 radical (unpaired) electrons. The zero-order chi connectivity index (χ0) is 16.5. The molecular weight excluding hydrogens is 306 g/mol. The highest BCUT2D eigenvalue weighted by Crippen LogP contribution is 2.35. The van der Waals surface area contributed by atoms with Crippen LogP contribution in [0.3, 0.4) is 0 Å². The quantitative estimate of drug-likeness (QED) is 0.907. The fourth-order valence-electron chi connectivity index (χ4n) is 2.52. The minimum atomic E-state index is -0.574. The number of halogens is 1. The monoisotopic (exact) mass is 327 g/mol. The molecule has 0 spiro atoms. The minimum Gasteiger partial charge on any atom is -0.495 e. The summed E-state index contributed by atoms with van der Waals surface area (Å²) in [5.74, 6) is 0.600. The van der Waals surface area contributed by atoms with Gasteiger partial charge in [0.1, 0.15) is 11.4 Å². The Kier molecular flexibility index (Phi) is 4.87. The van der Waals surface area contributed by atoms with Crippen LogP contribution >= 0.6 is 11.6 Å². The molecule has 1 atom stereocenters. The van der Waals surface area contributed by atoms with Crippen molar-refractivity contribution in [2.24, 2.45) is 0 Å². The van der Waals surface area contributed by atoms with Gasteiger partial charge in [0.05, 0.1) is 24.8 Å². The van der Waals surface area contributed by atoms with E-state index in [4.69, 9.17) is 21.1 Å². The SMILES string of the molecule is COc1ccc2c(c1Cl)CC(CO)N(C(=O)OC(C)(C)C)C2. The van der Waals surface area contributed by atoms with Gasteiger partial charge in [0.25, 0.3) is 0 Å². The van der Waals surface area contributed by atoms with Crippen molar-refractivity contribution >= 4 is 17.7 Å². The number of methoxy groups -OCH3 is 1. The first-order valence-corrected chi connectivity index (χ1v) is 7.59. The summed E-state index contributed by atoms with van der Waals surface area (Å²) < 4.78 is 10.6. The molecule has 0 saturated heterocycles. The maximum atomic E-state index is 12.3. The lowest BCUT2D eigenvalue weighted by Gasteiger charge is -2.37. The molecule has 0 fully saturated rings. The number of rotatable bonds is 2. The molecule has 1 aromatic carbocycles. The molecule has 1 aromatic rings. The van der Waals surface area contributed by atoms with E-state index in [1.807, 2.05) is 26.8 Å². The first kappa shape index (κ1) is 16.9. The summed E-state index contributed by atoms with van der Waals surface area (Å²) in [7, 11) is 1.56. The maximum absolute atomic E-state index is 12.3. The summed E-state index contributed by atoms with van der Waals surface area (Å²) in [6.45, 7) is 5.67. The molecule has 122 valence electrons. The lowest BCUT2D eigenvalue weighted by Crippen LogP contribution is -2.48. The second-order valence-electron chi connectivity index (χ2n) is 6.37. The first-order chi connectivity index (χ1) is 10.3. The molecule has 0 aliphatic carbocycles. The van der Waals surface area contributed by atoms with Gasteiger partial charge in [-0.2, -0.15) is 0 Å². The molecule has 5 nitrogen and oxygen atoms in total. The van der Waals surface area contributed by atoms with Crippen molar-refractivity contribution in [3.63, 3.8) is 0 Å². The number of carbonyl (C=O) groups is 1. The van der Waals surface area contributed by atoms with Crippen molar-refractivity contribution in [3.8, 4) is 5.75 Å². The Morgan fingerprint density at radius 1 is 1.45 bits per heavy atom. The van der Waals surface area contributed by atoms with Gasteiger partial charge in [0, 0.05) is 6.54 Å². The number of carbonyl (C=O) groups excluding carboxylic acids is 1. The zero-order valence-corrected chi connectivity index (χ0v) is 14.1. The summed E-state index contributed by atoms with van der Waals surface area (Å²) in [4.78, 5) is 13.9. The number of fused-ring (bicyclic) bond motifs is 1. The zero-order valence-electron chi connectivity index (χ0n) is 13.4. The van der Waals surface area contributed by atoms with Gasteiger partial charge in [-0.3, -0.25) is 4.90 Å². The van der Waals surface area contributed by atoms with Crippen LogP contribution in [0.25, 0.3) is 0 Å². The van der Waals surface area contributed by atoms with E-state index in [0.29, 0.717) is 23.7 Å². The number of hydrogen-bond acceptors (Lipinski definition) is 4. The van der Waals surface area contributed by atoms with E-state index < -0.39 is 11.7 Å². The molecule has 6 heteroatoms. The van der Waals surface area contributed by atoms with Crippen molar-refractivity contribution in [2.75, 3.05) is 13.7 Å². The van der Waals surface area contributed by atoms with E-state index in [2.05, 4.69) is 0 Å². The molecule has 0 saturated carbocycles. The second-order valence-corrected chi connectivity index (χ2v) is 6.75. The van der Waals surface area contributed by atoms with Crippen molar-refractivity contribution in [2.45, 2.75) is 45.4 Å². The first-order valence-electron chi connectivity index (χ1n) is 7.21. The minimum absolute atomic E-state index is 0.147. The Bertz CT molecular complexity index is 568. The van der Waals surface area contributed by atoms with Gasteiger partial charge in [-0.25, -0.2) is 4.79 Å². The van der Waals surface area contributed by atoms with Crippen molar-refractivity contribution < 1.29 is 19.4 Å². The fraction of sp³-hybridized carbons (Fsp3) is 0.562. The number of aliphatic hydroxyl groups is 1. The Morgan fingerprint density at radius 3 is 2.68 bits per heavy atom. The third-order valence-electron chi connectivity index (χ3n) is 3.58. The summed E-state index contributed by atoms with van der Waals surface area (Å²) >= 11 is 6.34. The van der Waals surface area contributed by atoms with E-state index in [-0.39, 0.29) is 12.6 Å². The molecular formula is C16H22ClNO4. The molecule has 1 aliphatic rings. The Morgan fingerprint density at radius 2 is 2.14 bits per heavy atom. The Balaban J connectivity index is 2.30. The molecule has 1 aliphatic heterocycles.